The lowest BCUT2D eigenvalue weighted by Crippen LogP contribution is -2.58. The second-order valence-corrected chi connectivity index (χ2v) is 7.49. The van der Waals surface area contributed by atoms with Gasteiger partial charge in [0.25, 0.3) is 0 Å². The van der Waals surface area contributed by atoms with Gasteiger partial charge in [-0.2, -0.15) is 0 Å². The number of benzene rings is 1. The van der Waals surface area contributed by atoms with Crippen molar-refractivity contribution in [3.63, 3.8) is 0 Å². The summed E-state index contributed by atoms with van der Waals surface area (Å²) in [5.74, 6) is -3.51. The Morgan fingerprint density at radius 1 is 1.06 bits per heavy atom. The highest BCUT2D eigenvalue weighted by Crippen LogP contribution is 2.20. The van der Waals surface area contributed by atoms with Gasteiger partial charge in [-0.15, -0.1) is 0 Å². The van der Waals surface area contributed by atoms with E-state index in [1.165, 1.54) is 17.0 Å². The standard InChI is InChI=1S/C20H28N4O8/c21-13(8-11-3-5-12(27)6-4-11)19(30)24-7-1-2-16(24)18(29)22-14(9-25)17(28)23-15(10-26)20(31)32/h3-6,13-16,25-27H,1-2,7-10,21H2,(H,22,29)(H,23,28)(H,31,32)/t13-,14-,15-,16-/m0/s1. The molecule has 0 unspecified atom stereocenters. The van der Waals surface area contributed by atoms with Crippen LogP contribution in [0, 0.1) is 0 Å². The molecule has 1 aliphatic heterocycles. The van der Waals surface area contributed by atoms with Gasteiger partial charge in [-0.25, -0.2) is 4.79 Å². The Hall–Kier alpha value is -3.22. The Morgan fingerprint density at radius 2 is 1.69 bits per heavy atom. The van der Waals surface area contributed by atoms with Gasteiger partial charge in [0.2, 0.25) is 17.7 Å². The first kappa shape index (κ1) is 25.0. The summed E-state index contributed by atoms with van der Waals surface area (Å²) in [5, 5.41) is 41.1. The zero-order valence-corrected chi connectivity index (χ0v) is 17.3. The fraction of sp³-hybridized carbons (Fsp3) is 0.500. The predicted molar refractivity (Wildman–Crippen MR) is 110 cm³/mol. The van der Waals surface area contributed by atoms with E-state index in [4.69, 9.17) is 15.9 Å². The number of rotatable bonds is 10. The first-order valence-corrected chi connectivity index (χ1v) is 10.1. The summed E-state index contributed by atoms with van der Waals surface area (Å²) < 4.78 is 0. The van der Waals surface area contributed by atoms with Gasteiger partial charge in [0, 0.05) is 6.54 Å². The number of nitrogens with two attached hydrogens (primary N) is 1. The summed E-state index contributed by atoms with van der Waals surface area (Å²) in [5.41, 5.74) is 6.77. The molecule has 12 heteroatoms. The highest BCUT2D eigenvalue weighted by molar-refractivity contribution is 5.94. The summed E-state index contributed by atoms with van der Waals surface area (Å²) in [4.78, 5) is 50.0. The van der Waals surface area contributed by atoms with Crippen LogP contribution in [0.2, 0.25) is 0 Å². The number of carboxylic acids is 1. The van der Waals surface area contributed by atoms with E-state index in [-0.39, 0.29) is 12.2 Å². The van der Waals surface area contributed by atoms with E-state index in [2.05, 4.69) is 5.32 Å². The molecule has 12 nitrogen and oxygen atoms in total. The lowest BCUT2D eigenvalue weighted by Gasteiger charge is -2.28. The Kier molecular flexibility index (Phi) is 8.93. The molecule has 4 atom stereocenters. The minimum absolute atomic E-state index is 0.0843. The van der Waals surface area contributed by atoms with Crippen LogP contribution in [0.5, 0.6) is 5.75 Å². The van der Waals surface area contributed by atoms with E-state index in [1.807, 2.05) is 5.32 Å². The van der Waals surface area contributed by atoms with Crippen molar-refractivity contribution in [3.05, 3.63) is 29.8 Å². The summed E-state index contributed by atoms with van der Waals surface area (Å²) in [6.07, 6.45) is 1.07. The third-order valence-corrected chi connectivity index (χ3v) is 5.16. The molecule has 0 aliphatic carbocycles. The van der Waals surface area contributed by atoms with Crippen LogP contribution in [0.15, 0.2) is 24.3 Å². The molecule has 1 fully saturated rings. The maximum atomic E-state index is 12.8. The van der Waals surface area contributed by atoms with E-state index in [0.29, 0.717) is 19.4 Å². The number of hydrogen-bond donors (Lipinski definition) is 7. The van der Waals surface area contributed by atoms with E-state index in [9.17, 15) is 29.4 Å². The maximum absolute atomic E-state index is 12.8. The van der Waals surface area contributed by atoms with Crippen LogP contribution in [0.1, 0.15) is 18.4 Å². The zero-order chi connectivity index (χ0) is 23.8. The topological polar surface area (TPSA) is 203 Å². The molecule has 0 aromatic heterocycles. The van der Waals surface area contributed by atoms with Crippen molar-refractivity contribution in [1.82, 2.24) is 15.5 Å². The molecule has 8 N–H and O–H groups in total. The second kappa shape index (κ2) is 11.4. The van der Waals surface area contributed by atoms with Gasteiger partial charge in [-0.1, -0.05) is 12.1 Å². The van der Waals surface area contributed by atoms with Crippen LogP contribution < -0.4 is 16.4 Å². The fourth-order valence-electron chi connectivity index (χ4n) is 3.41. The fourth-order valence-corrected chi connectivity index (χ4v) is 3.41. The van der Waals surface area contributed by atoms with Crippen LogP contribution >= 0.6 is 0 Å². The summed E-state index contributed by atoms with van der Waals surface area (Å²) in [7, 11) is 0. The van der Waals surface area contributed by atoms with E-state index in [1.54, 1.807) is 12.1 Å². The molecule has 1 aromatic carbocycles. The maximum Gasteiger partial charge on any atom is 0.328 e. The Labute approximate surface area is 184 Å². The number of amides is 3. The van der Waals surface area contributed by atoms with E-state index >= 15 is 0 Å². The molecule has 32 heavy (non-hydrogen) atoms. The number of carbonyl (C=O) groups is 4. The molecule has 0 spiro atoms. The number of phenolic OH excluding ortho intramolecular Hbond substituents is 1. The number of carboxylic acid groups (broad SMARTS) is 1. The zero-order valence-electron chi connectivity index (χ0n) is 17.3. The number of likely N-dealkylation sites (tertiary alicyclic amines) is 1. The predicted octanol–water partition coefficient (Wildman–Crippen LogP) is -2.71. The van der Waals surface area contributed by atoms with Gasteiger partial charge < -0.3 is 41.7 Å². The number of carbonyl (C=O) groups excluding carboxylic acids is 3. The summed E-state index contributed by atoms with van der Waals surface area (Å²) in [6, 6.07) is 1.36. The second-order valence-electron chi connectivity index (χ2n) is 7.49. The summed E-state index contributed by atoms with van der Waals surface area (Å²) >= 11 is 0. The first-order chi connectivity index (χ1) is 15.2. The number of aliphatic carboxylic acids is 1. The van der Waals surface area contributed by atoms with Crippen molar-refractivity contribution in [2.45, 2.75) is 43.4 Å². The Balaban J connectivity index is 2.00. The molecule has 1 aromatic rings. The number of nitrogens with zero attached hydrogens (tertiary/aromatic N) is 1. The van der Waals surface area contributed by atoms with E-state index in [0.717, 1.165) is 5.56 Å². The number of phenols is 1. The van der Waals surface area contributed by atoms with Crippen molar-refractivity contribution >= 4 is 23.7 Å². The minimum Gasteiger partial charge on any atom is -0.508 e. The molecule has 1 saturated heterocycles. The molecule has 2 rings (SSSR count). The third-order valence-electron chi connectivity index (χ3n) is 5.16. The molecule has 0 bridgehead atoms. The molecular formula is C20H28N4O8. The van der Waals surface area contributed by atoms with Crippen molar-refractivity contribution < 1.29 is 39.6 Å². The SMILES string of the molecule is N[C@@H](Cc1ccc(O)cc1)C(=O)N1CCC[C@H]1C(=O)N[C@@H](CO)C(=O)N[C@@H](CO)C(=O)O. The normalized spacial score (nSPS) is 18.5. The lowest BCUT2D eigenvalue weighted by molar-refractivity contribution is -0.144. The Bertz CT molecular complexity index is 831. The van der Waals surface area contributed by atoms with Gasteiger partial charge in [0.05, 0.1) is 19.3 Å². The Morgan fingerprint density at radius 3 is 2.25 bits per heavy atom. The number of aliphatic hydroxyl groups excluding tert-OH is 2. The average Bonchev–Trinajstić information content (AvgIpc) is 3.26. The van der Waals surface area contributed by atoms with Crippen molar-refractivity contribution in [2.75, 3.05) is 19.8 Å². The molecule has 1 heterocycles. The number of aliphatic hydroxyl groups is 2. The van der Waals surface area contributed by atoms with Crippen LogP contribution in [0.4, 0.5) is 0 Å². The van der Waals surface area contributed by atoms with Gasteiger partial charge in [0.15, 0.2) is 0 Å². The first-order valence-electron chi connectivity index (χ1n) is 10.1. The van der Waals surface area contributed by atoms with Gasteiger partial charge in [-0.05, 0) is 37.0 Å². The number of hydrogen-bond acceptors (Lipinski definition) is 8. The number of nitrogens with one attached hydrogen (secondary N) is 2. The van der Waals surface area contributed by atoms with Crippen LogP contribution in [0.3, 0.4) is 0 Å². The van der Waals surface area contributed by atoms with Gasteiger partial charge in [0.1, 0.15) is 23.9 Å². The van der Waals surface area contributed by atoms with Crippen molar-refractivity contribution in [1.29, 1.82) is 0 Å². The quantitative estimate of drug-likeness (QED) is 0.197. The third kappa shape index (κ3) is 6.39. The molecule has 0 radical (unpaired) electrons. The van der Waals surface area contributed by atoms with Gasteiger partial charge in [-0.3, -0.25) is 14.4 Å². The minimum atomic E-state index is -1.59. The number of aromatic hydroxyl groups is 1. The smallest absolute Gasteiger partial charge is 0.328 e. The van der Waals surface area contributed by atoms with Crippen LogP contribution in [0.25, 0.3) is 0 Å². The molecule has 176 valence electrons. The molecule has 3 amide bonds. The molecule has 0 saturated carbocycles. The van der Waals surface area contributed by atoms with Crippen molar-refractivity contribution in [3.8, 4) is 5.75 Å². The summed E-state index contributed by atoms with van der Waals surface area (Å²) in [6.45, 7) is -1.38. The van der Waals surface area contributed by atoms with Gasteiger partial charge >= 0.3 is 5.97 Å². The average molecular weight is 452 g/mol. The lowest BCUT2D eigenvalue weighted by atomic mass is 10.0. The van der Waals surface area contributed by atoms with E-state index < -0.39 is 61.1 Å². The monoisotopic (exact) mass is 452 g/mol. The largest absolute Gasteiger partial charge is 0.508 e. The highest BCUT2D eigenvalue weighted by atomic mass is 16.4. The van der Waals surface area contributed by atoms with Crippen LogP contribution in [-0.2, 0) is 25.6 Å². The highest BCUT2D eigenvalue weighted by Gasteiger charge is 2.37. The molecular weight excluding hydrogens is 424 g/mol. The molecule has 1 aliphatic rings. The van der Waals surface area contributed by atoms with Crippen LogP contribution in [-0.4, -0.2) is 92.9 Å². The van der Waals surface area contributed by atoms with Crippen molar-refractivity contribution in [2.24, 2.45) is 5.73 Å².